The molecule has 146 valence electrons. The number of benzene rings is 2. The van der Waals surface area contributed by atoms with Gasteiger partial charge < -0.3 is 14.6 Å². The highest BCUT2D eigenvalue weighted by Crippen LogP contribution is 2.30. The number of hydrogen-bond donors (Lipinski definition) is 1. The van der Waals surface area contributed by atoms with Crippen LogP contribution in [0.25, 0.3) is 21.9 Å². The van der Waals surface area contributed by atoms with Crippen LogP contribution in [-0.4, -0.2) is 28.5 Å². The van der Waals surface area contributed by atoms with Gasteiger partial charge in [-0.3, -0.25) is 4.79 Å². The second-order valence-electron chi connectivity index (χ2n) is 7.48. The first kappa shape index (κ1) is 17.7. The quantitative estimate of drug-likeness (QED) is 0.568. The highest BCUT2D eigenvalue weighted by molar-refractivity contribution is 5.93. The van der Waals surface area contributed by atoms with Gasteiger partial charge in [0.1, 0.15) is 29.5 Å². The van der Waals surface area contributed by atoms with Crippen LogP contribution in [0.4, 0.5) is 5.82 Å². The van der Waals surface area contributed by atoms with Gasteiger partial charge in [-0.2, -0.15) is 0 Å². The van der Waals surface area contributed by atoms with Crippen LogP contribution in [0.2, 0.25) is 0 Å². The molecule has 1 saturated heterocycles. The number of nitrogens with zero attached hydrogens (tertiary/aromatic N) is 3. The number of amides is 1. The third-order valence-corrected chi connectivity index (χ3v) is 5.58. The molecule has 1 aliphatic rings. The molecule has 1 amide bonds. The molecule has 2 aromatic carbocycles. The lowest BCUT2D eigenvalue weighted by Gasteiger charge is -2.26. The fraction of sp³-hybridized carbons (Fsp3) is 0.261. The van der Waals surface area contributed by atoms with Crippen LogP contribution in [0.1, 0.15) is 31.6 Å². The summed E-state index contributed by atoms with van der Waals surface area (Å²) in [5.74, 6) is 1.58. The molecule has 0 unspecified atom stereocenters. The third-order valence-electron chi connectivity index (χ3n) is 5.58. The number of nitrogens with one attached hydrogen (secondary N) is 1. The zero-order chi connectivity index (χ0) is 19.8. The van der Waals surface area contributed by atoms with Crippen molar-refractivity contribution in [1.29, 1.82) is 0 Å². The van der Waals surface area contributed by atoms with Gasteiger partial charge in [-0.25, -0.2) is 9.97 Å². The molecule has 0 radical (unpaired) electrons. The Bertz CT molecular complexity index is 1150. The van der Waals surface area contributed by atoms with Gasteiger partial charge in [-0.05, 0) is 44.0 Å². The molecule has 1 N–H and O–H groups in total. The maximum atomic E-state index is 13.1. The molecular weight excluding hydrogens is 364 g/mol. The Labute approximate surface area is 168 Å². The standard InChI is InChI=1S/C23H22N4O2/c1-15(21-13-16-7-2-5-11-20(16)29-21)26-23(28)19-10-6-12-27(19)22-17-8-3-4-9-18(17)24-14-25-22/h2-5,7-9,11,13-15,19H,6,10,12H2,1H3,(H,26,28)/t15-,19-/m1/s1. The summed E-state index contributed by atoms with van der Waals surface area (Å²) in [5.41, 5.74) is 1.72. The number of aromatic nitrogens is 2. The minimum absolute atomic E-state index is 0.00171. The van der Waals surface area contributed by atoms with E-state index in [-0.39, 0.29) is 18.0 Å². The largest absolute Gasteiger partial charge is 0.459 e. The first-order valence-electron chi connectivity index (χ1n) is 9.96. The van der Waals surface area contributed by atoms with Crippen molar-refractivity contribution in [1.82, 2.24) is 15.3 Å². The molecule has 0 bridgehead atoms. The fourth-order valence-electron chi connectivity index (χ4n) is 4.11. The number of carbonyl (C=O) groups excluding carboxylic acids is 1. The maximum Gasteiger partial charge on any atom is 0.243 e. The first-order chi connectivity index (χ1) is 14.2. The van der Waals surface area contributed by atoms with Gasteiger partial charge >= 0.3 is 0 Å². The Balaban J connectivity index is 1.38. The number of rotatable bonds is 4. The van der Waals surface area contributed by atoms with Gasteiger partial charge in [0, 0.05) is 17.3 Å². The number of para-hydroxylation sites is 2. The highest BCUT2D eigenvalue weighted by Gasteiger charge is 2.33. The van der Waals surface area contributed by atoms with Gasteiger partial charge in [0.15, 0.2) is 0 Å². The fourth-order valence-corrected chi connectivity index (χ4v) is 4.11. The smallest absolute Gasteiger partial charge is 0.243 e. The van der Waals surface area contributed by atoms with Crippen molar-refractivity contribution in [2.75, 3.05) is 11.4 Å². The normalized spacial score (nSPS) is 17.7. The Morgan fingerprint density at radius 2 is 2.00 bits per heavy atom. The monoisotopic (exact) mass is 386 g/mol. The minimum atomic E-state index is -0.250. The average molecular weight is 386 g/mol. The Morgan fingerprint density at radius 3 is 2.90 bits per heavy atom. The molecule has 1 fully saturated rings. The molecule has 1 aliphatic heterocycles. The Kier molecular flexibility index (Phi) is 4.39. The maximum absolute atomic E-state index is 13.1. The van der Waals surface area contributed by atoms with Gasteiger partial charge in [0.05, 0.1) is 11.6 Å². The molecule has 0 aliphatic carbocycles. The summed E-state index contributed by atoms with van der Waals surface area (Å²) in [6.45, 7) is 2.76. The third kappa shape index (κ3) is 3.20. The molecule has 4 aromatic rings. The summed E-state index contributed by atoms with van der Waals surface area (Å²) in [6, 6.07) is 17.3. The number of carbonyl (C=O) groups is 1. The predicted octanol–water partition coefficient (Wildman–Crippen LogP) is 4.22. The van der Waals surface area contributed by atoms with E-state index in [2.05, 4.69) is 20.2 Å². The minimum Gasteiger partial charge on any atom is -0.459 e. The van der Waals surface area contributed by atoms with Gasteiger partial charge in [-0.15, -0.1) is 0 Å². The summed E-state index contributed by atoms with van der Waals surface area (Å²) in [6.07, 6.45) is 3.33. The van der Waals surface area contributed by atoms with Crippen molar-refractivity contribution in [3.8, 4) is 0 Å². The first-order valence-corrected chi connectivity index (χ1v) is 9.96. The van der Waals surface area contributed by atoms with Crippen molar-refractivity contribution < 1.29 is 9.21 Å². The van der Waals surface area contributed by atoms with Crippen LogP contribution >= 0.6 is 0 Å². The molecular formula is C23H22N4O2. The van der Waals surface area contributed by atoms with Gasteiger partial charge in [-0.1, -0.05) is 30.3 Å². The number of furan rings is 1. The summed E-state index contributed by atoms with van der Waals surface area (Å²) < 4.78 is 5.91. The summed E-state index contributed by atoms with van der Waals surface area (Å²) in [4.78, 5) is 24.1. The predicted molar refractivity (Wildman–Crippen MR) is 113 cm³/mol. The van der Waals surface area contributed by atoms with Crippen molar-refractivity contribution >= 4 is 33.6 Å². The molecule has 6 nitrogen and oxygen atoms in total. The Morgan fingerprint density at radius 1 is 1.17 bits per heavy atom. The zero-order valence-electron chi connectivity index (χ0n) is 16.2. The molecule has 6 heteroatoms. The van der Waals surface area contributed by atoms with Gasteiger partial charge in [0.2, 0.25) is 5.91 Å². The highest BCUT2D eigenvalue weighted by atomic mass is 16.3. The summed E-state index contributed by atoms with van der Waals surface area (Å²) in [5, 5.41) is 5.14. The van der Waals surface area contributed by atoms with Crippen molar-refractivity contribution in [3.63, 3.8) is 0 Å². The van der Waals surface area contributed by atoms with E-state index in [1.54, 1.807) is 6.33 Å². The van der Waals surface area contributed by atoms with Crippen LogP contribution in [-0.2, 0) is 4.79 Å². The lowest BCUT2D eigenvalue weighted by molar-refractivity contribution is -0.123. The van der Waals surface area contributed by atoms with Crippen molar-refractivity contribution in [3.05, 3.63) is 66.7 Å². The van der Waals surface area contributed by atoms with E-state index in [1.807, 2.05) is 61.5 Å². The lowest BCUT2D eigenvalue weighted by Crippen LogP contribution is -2.44. The Hall–Kier alpha value is -3.41. The second kappa shape index (κ2) is 7.20. The van der Waals surface area contributed by atoms with E-state index in [9.17, 15) is 4.79 Å². The number of anilines is 1. The molecule has 3 heterocycles. The summed E-state index contributed by atoms with van der Waals surface area (Å²) in [7, 11) is 0. The van der Waals surface area contributed by atoms with Gasteiger partial charge in [0.25, 0.3) is 0 Å². The van der Waals surface area contributed by atoms with E-state index in [0.29, 0.717) is 0 Å². The molecule has 0 saturated carbocycles. The van der Waals surface area contributed by atoms with Crippen LogP contribution in [0.15, 0.2) is 65.3 Å². The lowest BCUT2D eigenvalue weighted by atomic mass is 10.1. The van der Waals surface area contributed by atoms with E-state index in [1.165, 1.54) is 0 Å². The summed E-state index contributed by atoms with van der Waals surface area (Å²) >= 11 is 0. The zero-order valence-corrected chi connectivity index (χ0v) is 16.2. The van der Waals surface area contributed by atoms with Crippen molar-refractivity contribution in [2.45, 2.75) is 31.8 Å². The molecule has 2 atom stereocenters. The SMILES string of the molecule is C[C@@H](NC(=O)[C@H]1CCCN1c1ncnc2ccccc12)c1cc2ccccc2o1. The number of fused-ring (bicyclic) bond motifs is 2. The van der Waals surface area contributed by atoms with E-state index < -0.39 is 0 Å². The molecule has 29 heavy (non-hydrogen) atoms. The van der Waals surface area contributed by atoms with Crippen LogP contribution < -0.4 is 10.2 Å². The van der Waals surface area contributed by atoms with E-state index >= 15 is 0 Å². The average Bonchev–Trinajstić information content (AvgIpc) is 3.40. The van der Waals surface area contributed by atoms with Crippen molar-refractivity contribution in [2.24, 2.45) is 0 Å². The second-order valence-corrected chi connectivity index (χ2v) is 7.48. The van der Waals surface area contributed by atoms with Crippen LogP contribution in [0, 0.1) is 0 Å². The molecule has 5 rings (SSSR count). The number of hydrogen-bond acceptors (Lipinski definition) is 5. The van der Waals surface area contributed by atoms with Crippen LogP contribution in [0.5, 0.6) is 0 Å². The topological polar surface area (TPSA) is 71.3 Å². The molecule has 0 spiro atoms. The van der Waals surface area contributed by atoms with E-state index in [0.717, 1.165) is 52.8 Å². The molecule has 2 aromatic heterocycles. The van der Waals surface area contributed by atoms with E-state index in [4.69, 9.17) is 4.42 Å². The van der Waals surface area contributed by atoms with Crippen LogP contribution in [0.3, 0.4) is 0 Å².